The van der Waals surface area contributed by atoms with Crippen LogP contribution in [0.25, 0.3) is 0 Å². The fourth-order valence-electron chi connectivity index (χ4n) is 1.99. The minimum absolute atomic E-state index is 0.166. The van der Waals surface area contributed by atoms with E-state index < -0.39 is 11.6 Å². The molecule has 1 fully saturated rings. The highest BCUT2D eigenvalue weighted by atomic mass is 16.6. The van der Waals surface area contributed by atoms with Crippen LogP contribution in [0.3, 0.4) is 0 Å². The molecule has 0 unspecified atom stereocenters. The standard InChI is InChI=1S/C17H24N2O4/c1-5-12-14(22-10-15(20)23-17(2,3)4)9-8-13(19-12)16(21)18-11-6-7-11/h8-9,11H,5-7,10H2,1-4H3,(H,18,21). The van der Waals surface area contributed by atoms with Gasteiger partial charge in [-0.25, -0.2) is 9.78 Å². The molecule has 0 spiro atoms. The number of carbonyl (C=O) groups is 2. The van der Waals surface area contributed by atoms with Crippen molar-refractivity contribution in [1.82, 2.24) is 10.3 Å². The SMILES string of the molecule is CCc1nc(C(=O)NC2CC2)ccc1OCC(=O)OC(C)(C)C. The van der Waals surface area contributed by atoms with E-state index in [-0.39, 0.29) is 18.6 Å². The lowest BCUT2D eigenvalue weighted by Crippen LogP contribution is -2.28. The van der Waals surface area contributed by atoms with Crippen LogP contribution >= 0.6 is 0 Å². The van der Waals surface area contributed by atoms with Crippen molar-refractivity contribution in [3.8, 4) is 5.75 Å². The molecule has 6 nitrogen and oxygen atoms in total. The van der Waals surface area contributed by atoms with Crippen LogP contribution in [0.5, 0.6) is 5.75 Å². The maximum atomic E-state index is 12.0. The Morgan fingerprint density at radius 2 is 2.00 bits per heavy atom. The number of hydrogen-bond donors (Lipinski definition) is 1. The second-order valence-corrected chi connectivity index (χ2v) is 6.62. The van der Waals surface area contributed by atoms with Crippen LogP contribution in [0.1, 0.15) is 56.7 Å². The Labute approximate surface area is 136 Å². The molecular weight excluding hydrogens is 296 g/mol. The summed E-state index contributed by atoms with van der Waals surface area (Å²) in [5, 5.41) is 2.90. The first-order valence-corrected chi connectivity index (χ1v) is 7.94. The molecule has 1 aliphatic rings. The predicted molar refractivity (Wildman–Crippen MR) is 85.4 cm³/mol. The number of rotatable bonds is 6. The molecule has 0 aliphatic heterocycles. The van der Waals surface area contributed by atoms with Crippen molar-refractivity contribution in [2.45, 2.75) is 58.6 Å². The molecule has 1 aliphatic carbocycles. The number of nitrogens with one attached hydrogen (secondary N) is 1. The van der Waals surface area contributed by atoms with Crippen LogP contribution in [0, 0.1) is 0 Å². The molecule has 1 amide bonds. The largest absolute Gasteiger partial charge is 0.480 e. The first-order chi connectivity index (χ1) is 10.8. The van der Waals surface area contributed by atoms with Gasteiger partial charge in [0.15, 0.2) is 6.61 Å². The van der Waals surface area contributed by atoms with Gasteiger partial charge in [0.05, 0.1) is 5.69 Å². The zero-order valence-electron chi connectivity index (χ0n) is 14.1. The summed E-state index contributed by atoms with van der Waals surface area (Å²) in [4.78, 5) is 28.0. The summed E-state index contributed by atoms with van der Waals surface area (Å²) in [6, 6.07) is 3.58. The maximum Gasteiger partial charge on any atom is 0.344 e. The molecule has 0 aromatic carbocycles. The van der Waals surface area contributed by atoms with Crippen molar-refractivity contribution in [1.29, 1.82) is 0 Å². The van der Waals surface area contributed by atoms with Gasteiger partial charge in [0.2, 0.25) is 0 Å². The molecule has 0 atom stereocenters. The Balaban J connectivity index is 1.98. The van der Waals surface area contributed by atoms with Gasteiger partial charge in [0, 0.05) is 6.04 Å². The Bertz CT molecular complexity index is 589. The third-order valence-electron chi connectivity index (χ3n) is 3.18. The van der Waals surface area contributed by atoms with E-state index in [0.717, 1.165) is 12.8 Å². The molecule has 1 aromatic heterocycles. The minimum Gasteiger partial charge on any atom is -0.480 e. The number of aromatic nitrogens is 1. The molecule has 126 valence electrons. The van der Waals surface area contributed by atoms with Gasteiger partial charge in [0.25, 0.3) is 5.91 Å². The van der Waals surface area contributed by atoms with E-state index in [1.54, 1.807) is 32.9 Å². The van der Waals surface area contributed by atoms with Gasteiger partial charge in [-0.3, -0.25) is 4.79 Å². The summed E-state index contributed by atoms with van der Waals surface area (Å²) in [7, 11) is 0. The number of amides is 1. The summed E-state index contributed by atoms with van der Waals surface area (Å²) in [5.41, 5.74) is 0.479. The van der Waals surface area contributed by atoms with Crippen LogP contribution < -0.4 is 10.1 Å². The minimum atomic E-state index is -0.545. The highest BCUT2D eigenvalue weighted by molar-refractivity contribution is 5.92. The highest BCUT2D eigenvalue weighted by Gasteiger charge is 2.24. The Morgan fingerprint density at radius 1 is 1.30 bits per heavy atom. The molecular formula is C17H24N2O4. The summed E-state index contributed by atoms with van der Waals surface area (Å²) in [5.74, 6) is -0.0997. The van der Waals surface area contributed by atoms with Crippen LogP contribution in [0.2, 0.25) is 0 Å². The average molecular weight is 320 g/mol. The molecule has 1 N–H and O–H groups in total. The summed E-state index contributed by atoms with van der Waals surface area (Å²) >= 11 is 0. The topological polar surface area (TPSA) is 77.5 Å². The van der Waals surface area contributed by atoms with E-state index in [0.29, 0.717) is 23.6 Å². The van der Waals surface area contributed by atoms with Gasteiger partial charge < -0.3 is 14.8 Å². The number of carbonyl (C=O) groups excluding carboxylic acids is 2. The number of nitrogens with zero attached hydrogens (tertiary/aromatic N) is 1. The third-order valence-corrected chi connectivity index (χ3v) is 3.18. The summed E-state index contributed by atoms with van der Waals surface area (Å²) in [6.07, 6.45) is 2.67. The average Bonchev–Trinajstić information content (AvgIpc) is 3.27. The number of ether oxygens (including phenoxy) is 2. The van der Waals surface area contributed by atoms with E-state index in [1.165, 1.54) is 0 Å². The van der Waals surface area contributed by atoms with Crippen molar-refractivity contribution in [2.24, 2.45) is 0 Å². The van der Waals surface area contributed by atoms with Crippen molar-refractivity contribution >= 4 is 11.9 Å². The van der Waals surface area contributed by atoms with Gasteiger partial charge in [-0.1, -0.05) is 6.92 Å². The quantitative estimate of drug-likeness (QED) is 0.814. The van der Waals surface area contributed by atoms with Gasteiger partial charge in [-0.05, 0) is 52.2 Å². The van der Waals surface area contributed by atoms with Crippen molar-refractivity contribution in [3.05, 3.63) is 23.5 Å². The second-order valence-electron chi connectivity index (χ2n) is 6.62. The Morgan fingerprint density at radius 3 is 2.57 bits per heavy atom. The second kappa shape index (κ2) is 6.98. The van der Waals surface area contributed by atoms with E-state index in [4.69, 9.17) is 9.47 Å². The molecule has 1 aromatic rings. The summed E-state index contributed by atoms with van der Waals surface area (Å²) in [6.45, 7) is 7.15. The lowest BCUT2D eigenvalue weighted by Gasteiger charge is -2.19. The number of aryl methyl sites for hydroxylation is 1. The first-order valence-electron chi connectivity index (χ1n) is 7.94. The van der Waals surface area contributed by atoms with Crippen LogP contribution in [-0.2, 0) is 16.0 Å². The molecule has 0 radical (unpaired) electrons. The van der Waals surface area contributed by atoms with Gasteiger partial charge in [0.1, 0.15) is 17.0 Å². The predicted octanol–water partition coefficient (Wildman–Crippen LogP) is 2.26. The van der Waals surface area contributed by atoms with E-state index in [1.807, 2.05) is 6.92 Å². The fraction of sp³-hybridized carbons (Fsp3) is 0.588. The van der Waals surface area contributed by atoms with E-state index >= 15 is 0 Å². The molecule has 2 rings (SSSR count). The van der Waals surface area contributed by atoms with Crippen molar-refractivity contribution in [3.63, 3.8) is 0 Å². The lowest BCUT2D eigenvalue weighted by molar-refractivity contribution is -0.157. The zero-order valence-corrected chi connectivity index (χ0v) is 14.1. The Kier molecular flexibility index (Phi) is 5.23. The van der Waals surface area contributed by atoms with Crippen molar-refractivity contribution in [2.75, 3.05) is 6.61 Å². The third kappa shape index (κ3) is 5.54. The summed E-state index contributed by atoms with van der Waals surface area (Å²) < 4.78 is 10.7. The van der Waals surface area contributed by atoms with Crippen LogP contribution in [0.4, 0.5) is 0 Å². The number of pyridine rings is 1. The molecule has 0 saturated heterocycles. The lowest BCUT2D eigenvalue weighted by atomic mass is 10.2. The van der Waals surface area contributed by atoms with E-state index in [2.05, 4.69) is 10.3 Å². The van der Waals surface area contributed by atoms with Gasteiger partial charge in [-0.2, -0.15) is 0 Å². The molecule has 1 heterocycles. The van der Waals surface area contributed by atoms with Crippen molar-refractivity contribution < 1.29 is 19.1 Å². The monoisotopic (exact) mass is 320 g/mol. The molecule has 1 saturated carbocycles. The van der Waals surface area contributed by atoms with Gasteiger partial charge in [-0.15, -0.1) is 0 Å². The van der Waals surface area contributed by atoms with E-state index in [9.17, 15) is 9.59 Å². The Hall–Kier alpha value is -2.11. The smallest absolute Gasteiger partial charge is 0.344 e. The first kappa shape index (κ1) is 17.2. The maximum absolute atomic E-state index is 12.0. The van der Waals surface area contributed by atoms with Gasteiger partial charge >= 0.3 is 5.97 Å². The number of esters is 1. The molecule has 6 heteroatoms. The number of hydrogen-bond acceptors (Lipinski definition) is 5. The molecule has 0 bridgehead atoms. The zero-order chi connectivity index (χ0) is 17.0. The normalized spacial score (nSPS) is 14.3. The fourth-order valence-corrected chi connectivity index (χ4v) is 1.99. The highest BCUT2D eigenvalue weighted by Crippen LogP contribution is 2.21. The molecule has 23 heavy (non-hydrogen) atoms. The van der Waals surface area contributed by atoms with Crippen LogP contribution in [-0.4, -0.2) is 35.1 Å². The van der Waals surface area contributed by atoms with Crippen LogP contribution in [0.15, 0.2) is 12.1 Å².